The van der Waals surface area contributed by atoms with E-state index in [1.54, 1.807) is 6.33 Å². The van der Waals surface area contributed by atoms with E-state index in [9.17, 15) is 4.79 Å². The number of hydrogen-bond acceptors (Lipinski definition) is 5. The smallest absolute Gasteiger partial charge is 0.348 e. The average Bonchev–Trinajstić information content (AvgIpc) is 2.86. The molecule has 1 aliphatic rings. The molecule has 2 aromatic rings. The van der Waals surface area contributed by atoms with Crippen LogP contribution in [0.3, 0.4) is 0 Å². The summed E-state index contributed by atoms with van der Waals surface area (Å²) in [5.74, 6) is 1.71. The van der Waals surface area contributed by atoms with Crippen molar-refractivity contribution in [2.45, 2.75) is 19.3 Å². The van der Waals surface area contributed by atoms with Gasteiger partial charge in [-0.3, -0.25) is 0 Å². The standard InChI is InChI=1S/C13H20N6O/c1-14-5-2-10-3-6-18(7-4-10)11-8-12-16-17-13(20)19(12)9-15-11/h8-10,14H,2-7H2,1H3,(H,17,20). The molecule has 108 valence electrons. The number of rotatable bonds is 4. The average molecular weight is 276 g/mol. The van der Waals surface area contributed by atoms with Crippen LogP contribution in [0.5, 0.6) is 0 Å². The van der Waals surface area contributed by atoms with Crippen LogP contribution in [0.4, 0.5) is 5.82 Å². The molecule has 0 unspecified atom stereocenters. The summed E-state index contributed by atoms with van der Waals surface area (Å²) in [5, 5.41) is 9.62. The van der Waals surface area contributed by atoms with Gasteiger partial charge in [-0.25, -0.2) is 19.3 Å². The van der Waals surface area contributed by atoms with Crippen molar-refractivity contribution in [1.82, 2.24) is 24.9 Å². The van der Waals surface area contributed by atoms with E-state index >= 15 is 0 Å². The zero-order chi connectivity index (χ0) is 13.9. The van der Waals surface area contributed by atoms with Gasteiger partial charge in [-0.15, -0.1) is 0 Å². The fraction of sp³-hybridized carbons (Fsp3) is 0.615. The molecule has 0 bridgehead atoms. The molecule has 7 nitrogen and oxygen atoms in total. The molecule has 0 spiro atoms. The number of H-pyrrole nitrogens is 1. The van der Waals surface area contributed by atoms with Gasteiger partial charge in [0.2, 0.25) is 0 Å². The van der Waals surface area contributed by atoms with Gasteiger partial charge in [0, 0.05) is 19.2 Å². The number of nitrogens with one attached hydrogen (secondary N) is 2. The van der Waals surface area contributed by atoms with Crippen molar-refractivity contribution in [3.63, 3.8) is 0 Å². The number of aromatic nitrogens is 4. The van der Waals surface area contributed by atoms with Crippen LogP contribution in [0, 0.1) is 5.92 Å². The second kappa shape index (κ2) is 5.62. The Balaban J connectivity index is 1.68. The number of piperidine rings is 1. The van der Waals surface area contributed by atoms with E-state index in [0.717, 1.165) is 31.4 Å². The molecule has 1 saturated heterocycles. The highest BCUT2D eigenvalue weighted by Gasteiger charge is 2.20. The molecule has 3 heterocycles. The highest BCUT2D eigenvalue weighted by atomic mass is 16.1. The van der Waals surface area contributed by atoms with Gasteiger partial charge < -0.3 is 10.2 Å². The summed E-state index contributed by atoms with van der Waals surface area (Å²) in [7, 11) is 2.00. The Morgan fingerprint density at radius 2 is 2.25 bits per heavy atom. The molecule has 0 atom stereocenters. The minimum atomic E-state index is -0.246. The molecule has 0 amide bonds. The molecule has 2 aromatic heterocycles. The fourth-order valence-electron chi connectivity index (χ4n) is 2.77. The Morgan fingerprint density at radius 1 is 1.45 bits per heavy atom. The molecular formula is C13H20N6O. The highest BCUT2D eigenvalue weighted by molar-refractivity contribution is 5.50. The molecule has 1 aliphatic heterocycles. The van der Waals surface area contributed by atoms with Gasteiger partial charge in [-0.2, -0.15) is 5.10 Å². The SMILES string of the molecule is CNCCC1CCN(c2cc3n[nH]c(=O)n3cn2)CC1. The summed E-state index contributed by atoms with van der Waals surface area (Å²) >= 11 is 0. The number of fused-ring (bicyclic) bond motifs is 1. The van der Waals surface area contributed by atoms with Crippen LogP contribution in [-0.2, 0) is 0 Å². The highest BCUT2D eigenvalue weighted by Crippen LogP contribution is 2.23. The largest absolute Gasteiger partial charge is 0.356 e. The topological polar surface area (TPSA) is 78.3 Å². The predicted octanol–water partition coefficient (Wildman–Crippen LogP) is 0.244. The minimum Gasteiger partial charge on any atom is -0.356 e. The summed E-state index contributed by atoms with van der Waals surface area (Å²) in [6, 6.07) is 1.87. The van der Waals surface area contributed by atoms with Crippen molar-refractivity contribution >= 4 is 11.5 Å². The Labute approximate surface area is 117 Å². The minimum absolute atomic E-state index is 0.246. The van der Waals surface area contributed by atoms with Gasteiger partial charge in [0.15, 0.2) is 5.65 Å². The molecule has 20 heavy (non-hydrogen) atoms. The van der Waals surface area contributed by atoms with Crippen LogP contribution >= 0.6 is 0 Å². The van der Waals surface area contributed by atoms with Crippen LogP contribution < -0.4 is 15.9 Å². The van der Waals surface area contributed by atoms with E-state index in [1.807, 2.05) is 13.1 Å². The van der Waals surface area contributed by atoms with Crippen LogP contribution in [0.2, 0.25) is 0 Å². The van der Waals surface area contributed by atoms with Crippen LogP contribution in [-0.4, -0.2) is 46.3 Å². The lowest BCUT2D eigenvalue weighted by molar-refractivity contribution is 0.377. The van der Waals surface area contributed by atoms with Crippen molar-refractivity contribution in [3.05, 3.63) is 22.9 Å². The van der Waals surface area contributed by atoms with Crippen molar-refractivity contribution in [2.24, 2.45) is 5.92 Å². The third-order valence-corrected chi connectivity index (χ3v) is 4.04. The van der Waals surface area contributed by atoms with Crippen LogP contribution in [0.1, 0.15) is 19.3 Å². The maximum Gasteiger partial charge on any atom is 0.348 e. The van der Waals surface area contributed by atoms with Crippen LogP contribution in [0.15, 0.2) is 17.2 Å². The van der Waals surface area contributed by atoms with Gasteiger partial charge in [0.05, 0.1) is 0 Å². The van der Waals surface area contributed by atoms with Gasteiger partial charge in [-0.1, -0.05) is 0 Å². The number of aromatic amines is 1. The number of nitrogens with zero attached hydrogens (tertiary/aromatic N) is 4. The van der Waals surface area contributed by atoms with E-state index in [1.165, 1.54) is 23.7 Å². The molecule has 0 aromatic carbocycles. The fourth-order valence-corrected chi connectivity index (χ4v) is 2.77. The molecular weight excluding hydrogens is 256 g/mol. The first-order chi connectivity index (χ1) is 9.78. The normalized spacial score (nSPS) is 16.9. The van der Waals surface area contributed by atoms with E-state index in [2.05, 4.69) is 25.4 Å². The monoisotopic (exact) mass is 276 g/mol. The van der Waals surface area contributed by atoms with Crippen molar-refractivity contribution < 1.29 is 0 Å². The first kappa shape index (κ1) is 13.1. The maximum atomic E-state index is 11.4. The van der Waals surface area contributed by atoms with Crippen LogP contribution in [0.25, 0.3) is 5.65 Å². The number of anilines is 1. The van der Waals surface area contributed by atoms with E-state index in [0.29, 0.717) is 5.65 Å². The lowest BCUT2D eigenvalue weighted by atomic mass is 9.93. The molecule has 0 radical (unpaired) electrons. The van der Waals surface area contributed by atoms with Crippen molar-refractivity contribution in [1.29, 1.82) is 0 Å². The summed E-state index contributed by atoms with van der Waals surface area (Å²) in [6.45, 7) is 3.13. The van der Waals surface area contributed by atoms with E-state index in [4.69, 9.17) is 0 Å². The molecule has 0 aliphatic carbocycles. The lowest BCUT2D eigenvalue weighted by Gasteiger charge is -2.32. The molecule has 0 saturated carbocycles. The van der Waals surface area contributed by atoms with Gasteiger partial charge in [0.25, 0.3) is 0 Å². The molecule has 3 rings (SSSR count). The summed E-state index contributed by atoms with van der Waals surface area (Å²) < 4.78 is 1.42. The molecule has 7 heteroatoms. The summed E-state index contributed by atoms with van der Waals surface area (Å²) in [4.78, 5) is 18.0. The molecule has 2 N–H and O–H groups in total. The van der Waals surface area contributed by atoms with Gasteiger partial charge in [-0.05, 0) is 38.8 Å². The van der Waals surface area contributed by atoms with Crippen molar-refractivity contribution in [3.8, 4) is 0 Å². The second-order valence-corrected chi connectivity index (χ2v) is 5.33. The first-order valence-corrected chi connectivity index (χ1v) is 7.10. The van der Waals surface area contributed by atoms with Gasteiger partial charge in [0.1, 0.15) is 12.1 Å². The Bertz CT molecular complexity index is 625. The summed E-state index contributed by atoms with van der Waals surface area (Å²) in [5.41, 5.74) is 0.377. The molecule has 1 fully saturated rings. The van der Waals surface area contributed by atoms with Crippen molar-refractivity contribution in [2.75, 3.05) is 31.6 Å². The zero-order valence-corrected chi connectivity index (χ0v) is 11.7. The summed E-state index contributed by atoms with van der Waals surface area (Å²) in [6.07, 6.45) is 5.18. The lowest BCUT2D eigenvalue weighted by Crippen LogP contribution is -2.35. The Kier molecular flexibility index (Phi) is 3.68. The third kappa shape index (κ3) is 2.53. The van der Waals surface area contributed by atoms with Gasteiger partial charge >= 0.3 is 5.69 Å². The maximum absolute atomic E-state index is 11.4. The quantitative estimate of drug-likeness (QED) is 0.836. The predicted molar refractivity (Wildman–Crippen MR) is 77.1 cm³/mol. The van der Waals surface area contributed by atoms with E-state index < -0.39 is 0 Å². The second-order valence-electron chi connectivity index (χ2n) is 5.33. The Morgan fingerprint density at radius 3 is 3.00 bits per heavy atom. The number of hydrogen-bond donors (Lipinski definition) is 2. The van der Waals surface area contributed by atoms with E-state index in [-0.39, 0.29) is 5.69 Å². The zero-order valence-electron chi connectivity index (χ0n) is 11.7. The first-order valence-electron chi connectivity index (χ1n) is 7.10. The Hall–Kier alpha value is -1.89. The third-order valence-electron chi connectivity index (χ3n) is 4.04.